The van der Waals surface area contributed by atoms with Gasteiger partial charge in [0.2, 0.25) is 0 Å². The van der Waals surface area contributed by atoms with Crippen LogP contribution in [0.25, 0.3) is 0 Å². The second kappa shape index (κ2) is 4.45. The van der Waals surface area contributed by atoms with Crippen molar-refractivity contribution >= 4 is 5.78 Å². The zero-order chi connectivity index (χ0) is 12.4. The molecule has 0 spiro atoms. The summed E-state index contributed by atoms with van der Waals surface area (Å²) in [5.74, 6) is -1.88. The number of nitrogens with zero attached hydrogens (tertiary/aromatic N) is 2. The maximum absolute atomic E-state index is 13.0. The van der Waals surface area contributed by atoms with E-state index in [0.29, 0.717) is 17.8 Å². The van der Waals surface area contributed by atoms with Crippen molar-refractivity contribution in [2.24, 2.45) is 0 Å². The van der Waals surface area contributed by atoms with Crippen molar-refractivity contribution in [1.82, 2.24) is 9.55 Å². The van der Waals surface area contributed by atoms with E-state index in [0.717, 1.165) is 12.1 Å². The maximum Gasteiger partial charge on any atom is 0.179 e. The number of aromatic nitrogens is 2. The summed E-state index contributed by atoms with van der Waals surface area (Å²) < 4.78 is 27.3. The predicted octanol–water partition coefficient (Wildman–Crippen LogP) is 2.41. The molecule has 0 aliphatic heterocycles. The molecule has 0 aliphatic carbocycles. The maximum atomic E-state index is 13.0. The highest BCUT2D eigenvalue weighted by Gasteiger charge is 2.06. The summed E-state index contributed by atoms with van der Waals surface area (Å²) in [6.45, 7) is 1.77. The Morgan fingerprint density at radius 3 is 2.71 bits per heavy atom. The molecular weight excluding hydrogens is 226 g/mol. The molecule has 1 heterocycles. The fraction of sp³-hybridized carbons (Fsp3) is 0.167. The van der Waals surface area contributed by atoms with E-state index in [-0.39, 0.29) is 5.78 Å². The molecule has 0 N–H and O–H groups in total. The third kappa shape index (κ3) is 2.55. The van der Waals surface area contributed by atoms with Gasteiger partial charge in [0.15, 0.2) is 17.4 Å². The molecule has 0 saturated heterocycles. The zero-order valence-electron chi connectivity index (χ0n) is 9.15. The lowest BCUT2D eigenvalue weighted by Crippen LogP contribution is -1.98. The van der Waals surface area contributed by atoms with E-state index in [1.807, 2.05) is 0 Å². The lowest BCUT2D eigenvalue weighted by atomic mass is 10.2. The number of hydrogen-bond donors (Lipinski definition) is 0. The van der Waals surface area contributed by atoms with E-state index in [9.17, 15) is 13.6 Å². The van der Waals surface area contributed by atoms with Crippen LogP contribution in [0.3, 0.4) is 0 Å². The first kappa shape index (κ1) is 11.4. The van der Waals surface area contributed by atoms with Crippen LogP contribution < -0.4 is 0 Å². The third-order valence-electron chi connectivity index (χ3n) is 2.34. The fourth-order valence-corrected chi connectivity index (χ4v) is 1.48. The number of Topliss-reactive ketones (excluding diaryl/α,β-unsaturated/α-hetero) is 1. The molecule has 2 rings (SSSR count). The molecule has 88 valence electrons. The molecule has 0 fully saturated rings. The van der Waals surface area contributed by atoms with Crippen LogP contribution in [-0.4, -0.2) is 15.3 Å². The van der Waals surface area contributed by atoms with Crippen molar-refractivity contribution in [3.05, 3.63) is 53.6 Å². The minimum atomic E-state index is -0.880. The second-order valence-corrected chi connectivity index (χ2v) is 3.74. The third-order valence-corrected chi connectivity index (χ3v) is 2.34. The number of carbonyl (C=O) groups is 1. The Morgan fingerprint density at radius 1 is 1.35 bits per heavy atom. The van der Waals surface area contributed by atoms with Crippen LogP contribution in [-0.2, 0) is 6.54 Å². The topological polar surface area (TPSA) is 34.9 Å². The van der Waals surface area contributed by atoms with E-state index in [4.69, 9.17) is 0 Å². The van der Waals surface area contributed by atoms with Crippen LogP contribution >= 0.6 is 0 Å². The van der Waals surface area contributed by atoms with E-state index < -0.39 is 11.6 Å². The smallest absolute Gasteiger partial charge is 0.179 e. The Labute approximate surface area is 96.7 Å². The largest absolute Gasteiger partial charge is 0.332 e. The van der Waals surface area contributed by atoms with Crippen LogP contribution in [0.5, 0.6) is 0 Å². The molecule has 0 unspecified atom stereocenters. The lowest BCUT2D eigenvalue weighted by molar-refractivity contribution is 0.101. The van der Waals surface area contributed by atoms with Gasteiger partial charge in [-0.2, -0.15) is 0 Å². The Morgan fingerprint density at radius 2 is 2.12 bits per heavy atom. The average molecular weight is 236 g/mol. The van der Waals surface area contributed by atoms with E-state index in [2.05, 4.69) is 4.98 Å². The van der Waals surface area contributed by atoms with Crippen molar-refractivity contribution in [2.45, 2.75) is 13.5 Å². The molecular formula is C12H10F2N2O. The minimum absolute atomic E-state index is 0.131. The normalized spacial score (nSPS) is 10.5. The standard InChI is InChI=1S/C12H10F2N2O/c1-8(17)12-6-16(7-15-12)5-9-2-3-10(13)11(14)4-9/h2-4,6-7H,5H2,1H3. The first-order valence-electron chi connectivity index (χ1n) is 5.03. The Hall–Kier alpha value is -2.04. The van der Waals surface area contributed by atoms with Crippen LogP contribution in [0.15, 0.2) is 30.7 Å². The van der Waals surface area contributed by atoms with Crippen LogP contribution in [0, 0.1) is 11.6 Å². The molecule has 0 bridgehead atoms. The Kier molecular flexibility index (Phi) is 2.99. The molecule has 2 aromatic rings. The zero-order valence-corrected chi connectivity index (χ0v) is 9.15. The first-order chi connectivity index (χ1) is 8.06. The molecule has 17 heavy (non-hydrogen) atoms. The number of hydrogen-bond acceptors (Lipinski definition) is 2. The van der Waals surface area contributed by atoms with Gasteiger partial charge in [-0.05, 0) is 17.7 Å². The SMILES string of the molecule is CC(=O)c1cn(Cc2ccc(F)c(F)c2)cn1. The van der Waals surface area contributed by atoms with Gasteiger partial charge in [-0.1, -0.05) is 6.07 Å². The summed E-state index contributed by atoms with van der Waals surface area (Å²) in [4.78, 5) is 14.9. The van der Waals surface area contributed by atoms with Crippen LogP contribution in [0.4, 0.5) is 8.78 Å². The molecule has 5 heteroatoms. The van der Waals surface area contributed by atoms with Gasteiger partial charge in [0, 0.05) is 19.7 Å². The molecule has 0 radical (unpaired) electrons. The van der Waals surface area contributed by atoms with Crippen molar-refractivity contribution < 1.29 is 13.6 Å². The minimum Gasteiger partial charge on any atom is -0.332 e. The van der Waals surface area contributed by atoms with Gasteiger partial charge in [-0.3, -0.25) is 4.79 Å². The summed E-state index contributed by atoms with van der Waals surface area (Å²) >= 11 is 0. The molecule has 0 aliphatic rings. The van der Waals surface area contributed by atoms with Crippen LogP contribution in [0.2, 0.25) is 0 Å². The van der Waals surface area contributed by atoms with Crippen molar-refractivity contribution in [3.63, 3.8) is 0 Å². The van der Waals surface area contributed by atoms with Crippen LogP contribution in [0.1, 0.15) is 23.0 Å². The van der Waals surface area contributed by atoms with Gasteiger partial charge in [-0.15, -0.1) is 0 Å². The number of imidazole rings is 1. The molecule has 1 aromatic heterocycles. The highest BCUT2D eigenvalue weighted by Crippen LogP contribution is 2.10. The van der Waals surface area contributed by atoms with E-state index >= 15 is 0 Å². The molecule has 0 atom stereocenters. The summed E-state index contributed by atoms with van der Waals surface area (Å²) in [5.41, 5.74) is 0.962. The summed E-state index contributed by atoms with van der Waals surface area (Å²) in [7, 11) is 0. The quantitative estimate of drug-likeness (QED) is 0.767. The van der Waals surface area contributed by atoms with Gasteiger partial charge in [0.25, 0.3) is 0 Å². The molecule has 0 saturated carbocycles. The predicted molar refractivity (Wildman–Crippen MR) is 57.7 cm³/mol. The highest BCUT2D eigenvalue weighted by molar-refractivity contribution is 5.91. The van der Waals surface area contributed by atoms with E-state index in [1.165, 1.54) is 19.3 Å². The number of ketones is 1. The van der Waals surface area contributed by atoms with Gasteiger partial charge >= 0.3 is 0 Å². The Bertz CT molecular complexity index is 563. The number of carbonyl (C=O) groups excluding carboxylic acids is 1. The van der Waals surface area contributed by atoms with Gasteiger partial charge in [-0.25, -0.2) is 13.8 Å². The van der Waals surface area contributed by atoms with Crippen molar-refractivity contribution in [1.29, 1.82) is 0 Å². The highest BCUT2D eigenvalue weighted by atomic mass is 19.2. The molecule has 1 aromatic carbocycles. The molecule has 0 amide bonds. The van der Waals surface area contributed by atoms with Gasteiger partial charge in [0.1, 0.15) is 5.69 Å². The summed E-state index contributed by atoms with van der Waals surface area (Å²) in [6.07, 6.45) is 3.06. The van der Waals surface area contributed by atoms with Gasteiger partial charge in [0.05, 0.1) is 6.33 Å². The Balaban J connectivity index is 2.19. The molecule has 3 nitrogen and oxygen atoms in total. The average Bonchev–Trinajstić information content (AvgIpc) is 2.72. The van der Waals surface area contributed by atoms with Gasteiger partial charge < -0.3 is 4.57 Å². The summed E-state index contributed by atoms with van der Waals surface area (Å²) in [6, 6.07) is 3.70. The summed E-state index contributed by atoms with van der Waals surface area (Å²) in [5, 5.41) is 0. The van der Waals surface area contributed by atoms with Crippen molar-refractivity contribution in [3.8, 4) is 0 Å². The number of benzene rings is 1. The van der Waals surface area contributed by atoms with E-state index in [1.54, 1.807) is 10.8 Å². The monoisotopic (exact) mass is 236 g/mol. The first-order valence-corrected chi connectivity index (χ1v) is 5.03. The lowest BCUT2D eigenvalue weighted by Gasteiger charge is -2.02. The fourth-order valence-electron chi connectivity index (χ4n) is 1.48. The number of halogens is 2. The number of rotatable bonds is 3. The van der Waals surface area contributed by atoms with Crippen molar-refractivity contribution in [2.75, 3.05) is 0 Å². The second-order valence-electron chi connectivity index (χ2n) is 3.74.